The third-order valence-electron chi connectivity index (χ3n) is 9.58. The Morgan fingerprint density at radius 1 is 0.864 bits per heavy atom. The van der Waals surface area contributed by atoms with E-state index in [-0.39, 0.29) is 22.6 Å². The highest BCUT2D eigenvalue weighted by molar-refractivity contribution is 9.10. The van der Waals surface area contributed by atoms with Gasteiger partial charge in [-0.15, -0.1) is 0 Å². The molecule has 4 bridgehead atoms. The molecule has 3 aromatic carbocycles. The SMILES string of the molecule is O=C1NC(=O)N(c2ccc(C34CC5CC(CC(C5)C3)C4)cc2)C(=O)/C1=C/c1cc(Cl)c(OCc2ccc(Cl)c(Cl)c2)c(Br)c1. The zero-order chi connectivity index (χ0) is 30.7. The molecule has 6 nitrogen and oxygen atoms in total. The summed E-state index contributed by atoms with van der Waals surface area (Å²) in [6, 6.07) is 15.5. The lowest BCUT2D eigenvalue weighted by molar-refractivity contribution is -0.122. The first-order chi connectivity index (χ1) is 21.1. The lowest BCUT2D eigenvalue weighted by Crippen LogP contribution is -2.54. The van der Waals surface area contributed by atoms with E-state index in [1.807, 2.05) is 12.1 Å². The largest absolute Gasteiger partial charge is 0.486 e. The molecule has 1 N–H and O–H groups in total. The quantitative estimate of drug-likeness (QED) is 0.204. The summed E-state index contributed by atoms with van der Waals surface area (Å²) in [6.45, 7) is 0.190. The van der Waals surface area contributed by atoms with E-state index in [2.05, 4.69) is 33.4 Å². The first-order valence-electron chi connectivity index (χ1n) is 14.7. The first-order valence-corrected chi connectivity index (χ1v) is 16.6. The van der Waals surface area contributed by atoms with Crippen LogP contribution in [0.2, 0.25) is 15.1 Å². The summed E-state index contributed by atoms with van der Waals surface area (Å²) in [5.74, 6) is 1.35. The number of nitrogens with zero attached hydrogens (tertiary/aromatic N) is 1. The van der Waals surface area contributed by atoms with Crippen molar-refractivity contribution >= 4 is 80.3 Å². The number of halogens is 4. The fourth-order valence-corrected chi connectivity index (χ4v) is 9.38. The number of ether oxygens (including phenoxy) is 1. The number of urea groups is 1. The van der Waals surface area contributed by atoms with Crippen molar-refractivity contribution in [2.75, 3.05) is 4.90 Å². The highest BCUT2D eigenvalue weighted by Crippen LogP contribution is 2.60. The number of benzene rings is 3. The predicted molar refractivity (Wildman–Crippen MR) is 175 cm³/mol. The Bertz CT molecular complexity index is 1680. The summed E-state index contributed by atoms with van der Waals surface area (Å²) in [6.07, 6.45) is 9.17. The van der Waals surface area contributed by atoms with Gasteiger partial charge in [0.1, 0.15) is 12.2 Å². The summed E-state index contributed by atoms with van der Waals surface area (Å²) in [4.78, 5) is 40.3. The van der Waals surface area contributed by atoms with E-state index >= 15 is 0 Å². The molecule has 44 heavy (non-hydrogen) atoms. The standard InChI is InChI=1S/C34H28BrCl3N2O4/c35-26-11-19(13-29(38)30(26)44-17-18-1-6-27(36)28(37)12-18)10-25-31(41)39-33(43)40(32(25)42)24-4-2-23(3-5-24)34-14-20-7-21(15-34)9-22(8-20)16-34/h1-6,10-13,20-22H,7-9,14-17H2,(H,39,41,43)/b25-10+. The van der Waals surface area contributed by atoms with Gasteiger partial charge in [-0.05, 0) is 137 Å². The Labute approximate surface area is 278 Å². The van der Waals surface area contributed by atoms with Crippen LogP contribution in [0.5, 0.6) is 5.75 Å². The molecule has 5 fully saturated rings. The van der Waals surface area contributed by atoms with Crippen LogP contribution in [0, 0.1) is 17.8 Å². The number of imide groups is 2. The van der Waals surface area contributed by atoms with Crippen LogP contribution in [-0.4, -0.2) is 17.8 Å². The lowest BCUT2D eigenvalue weighted by atomic mass is 9.48. The Morgan fingerprint density at radius 2 is 1.52 bits per heavy atom. The zero-order valence-corrected chi connectivity index (χ0v) is 27.4. The third-order valence-corrected chi connectivity index (χ3v) is 11.2. The van der Waals surface area contributed by atoms with Gasteiger partial charge >= 0.3 is 6.03 Å². The van der Waals surface area contributed by atoms with Crippen LogP contribution >= 0.6 is 50.7 Å². The lowest BCUT2D eigenvalue weighted by Gasteiger charge is -2.57. The number of hydrogen-bond donors (Lipinski definition) is 1. The molecule has 0 spiro atoms. The third kappa shape index (κ3) is 5.46. The molecule has 226 valence electrons. The average molecular weight is 715 g/mol. The summed E-state index contributed by atoms with van der Waals surface area (Å²) in [5.41, 5.74) is 3.01. The van der Waals surface area contributed by atoms with E-state index in [9.17, 15) is 14.4 Å². The molecule has 0 atom stereocenters. The number of amides is 4. The van der Waals surface area contributed by atoms with Gasteiger partial charge in [0.25, 0.3) is 11.8 Å². The van der Waals surface area contributed by atoms with Crippen molar-refractivity contribution in [2.45, 2.75) is 50.5 Å². The van der Waals surface area contributed by atoms with Gasteiger partial charge in [-0.2, -0.15) is 0 Å². The van der Waals surface area contributed by atoms with Crippen molar-refractivity contribution in [2.24, 2.45) is 17.8 Å². The molecule has 1 heterocycles. The van der Waals surface area contributed by atoms with Crippen LogP contribution in [0.4, 0.5) is 10.5 Å². The van der Waals surface area contributed by atoms with Crippen molar-refractivity contribution in [1.29, 1.82) is 0 Å². The van der Waals surface area contributed by atoms with Crippen LogP contribution in [-0.2, 0) is 21.6 Å². The van der Waals surface area contributed by atoms with Gasteiger partial charge in [0.05, 0.1) is 25.2 Å². The molecular weight excluding hydrogens is 687 g/mol. The Hall–Kier alpha value is -2.84. The Kier molecular flexibility index (Phi) is 7.81. The predicted octanol–water partition coefficient (Wildman–Crippen LogP) is 9.12. The van der Waals surface area contributed by atoms with Crippen molar-refractivity contribution in [3.8, 4) is 5.75 Å². The van der Waals surface area contributed by atoms with Gasteiger partial charge in [-0.1, -0.05) is 53.0 Å². The fraction of sp³-hybridized carbons (Fsp3) is 0.324. The average Bonchev–Trinajstić information content (AvgIpc) is 2.96. The molecule has 10 heteroatoms. The van der Waals surface area contributed by atoms with Gasteiger partial charge in [-0.3, -0.25) is 14.9 Å². The maximum Gasteiger partial charge on any atom is 0.335 e. The summed E-state index contributed by atoms with van der Waals surface area (Å²) >= 11 is 22.1. The second-order valence-electron chi connectivity index (χ2n) is 12.6. The van der Waals surface area contributed by atoms with Crippen LogP contribution in [0.15, 0.2) is 64.6 Å². The second kappa shape index (κ2) is 11.5. The number of carbonyl (C=O) groups is 3. The number of rotatable bonds is 6. The molecule has 1 aliphatic heterocycles. The number of hydrogen-bond acceptors (Lipinski definition) is 4. The maximum absolute atomic E-state index is 13.6. The first kappa shape index (κ1) is 29.8. The number of nitrogens with one attached hydrogen (secondary N) is 1. The Morgan fingerprint density at radius 3 is 2.14 bits per heavy atom. The number of barbiturate groups is 1. The molecule has 5 aliphatic rings. The summed E-state index contributed by atoms with van der Waals surface area (Å²) in [5, 5.41) is 3.44. The van der Waals surface area contributed by atoms with Crippen LogP contribution in [0.1, 0.15) is 55.2 Å². The molecule has 3 aromatic rings. The topological polar surface area (TPSA) is 75.7 Å². The molecule has 4 saturated carbocycles. The number of anilines is 1. The minimum absolute atomic E-state index is 0.179. The molecule has 4 aliphatic carbocycles. The minimum Gasteiger partial charge on any atom is -0.486 e. The van der Waals surface area contributed by atoms with E-state index in [1.165, 1.54) is 50.2 Å². The molecule has 0 aromatic heterocycles. The normalized spacial score (nSPS) is 26.8. The maximum atomic E-state index is 13.6. The van der Waals surface area contributed by atoms with Crippen molar-refractivity contribution < 1.29 is 19.1 Å². The Balaban J connectivity index is 1.11. The van der Waals surface area contributed by atoms with E-state index in [4.69, 9.17) is 39.5 Å². The van der Waals surface area contributed by atoms with Crippen LogP contribution < -0.4 is 15.0 Å². The van der Waals surface area contributed by atoms with E-state index in [1.54, 1.807) is 30.3 Å². The summed E-state index contributed by atoms with van der Waals surface area (Å²) in [7, 11) is 0. The second-order valence-corrected chi connectivity index (χ2v) is 14.6. The molecule has 0 unspecified atom stereocenters. The molecule has 1 saturated heterocycles. The molecule has 8 rings (SSSR count). The van der Waals surface area contributed by atoms with Gasteiger partial charge in [0, 0.05) is 0 Å². The fourth-order valence-electron chi connectivity index (χ4n) is 8.07. The highest BCUT2D eigenvalue weighted by atomic mass is 79.9. The van der Waals surface area contributed by atoms with Gasteiger partial charge in [-0.25, -0.2) is 9.69 Å². The van der Waals surface area contributed by atoms with Gasteiger partial charge < -0.3 is 4.74 Å². The van der Waals surface area contributed by atoms with Crippen molar-refractivity contribution in [3.05, 3.63) is 96.4 Å². The molecular formula is C34H28BrCl3N2O4. The number of carbonyl (C=O) groups excluding carboxylic acids is 3. The van der Waals surface area contributed by atoms with Crippen LogP contribution in [0.3, 0.4) is 0 Å². The zero-order valence-electron chi connectivity index (χ0n) is 23.5. The van der Waals surface area contributed by atoms with Crippen LogP contribution in [0.25, 0.3) is 6.08 Å². The molecule has 4 amide bonds. The van der Waals surface area contributed by atoms with Crippen molar-refractivity contribution in [3.63, 3.8) is 0 Å². The minimum atomic E-state index is -0.773. The molecule has 0 radical (unpaired) electrons. The van der Waals surface area contributed by atoms with Crippen molar-refractivity contribution in [1.82, 2.24) is 5.32 Å². The smallest absolute Gasteiger partial charge is 0.335 e. The van der Waals surface area contributed by atoms with E-state index in [0.717, 1.165) is 28.2 Å². The monoisotopic (exact) mass is 712 g/mol. The van der Waals surface area contributed by atoms with E-state index in [0.29, 0.717) is 31.5 Å². The van der Waals surface area contributed by atoms with Gasteiger partial charge in [0.15, 0.2) is 5.75 Å². The highest BCUT2D eigenvalue weighted by Gasteiger charge is 2.51. The van der Waals surface area contributed by atoms with E-state index < -0.39 is 17.8 Å². The van der Waals surface area contributed by atoms with Gasteiger partial charge in [0.2, 0.25) is 0 Å². The summed E-state index contributed by atoms with van der Waals surface area (Å²) < 4.78 is 6.43.